The van der Waals surface area contributed by atoms with E-state index in [1.165, 1.54) is 43.3 Å². The van der Waals surface area contributed by atoms with Crippen molar-refractivity contribution in [2.45, 2.75) is 13.8 Å². The Hall–Kier alpha value is -2.89. The maximum Gasteiger partial charge on any atom is 0.443 e. The smallest absolute Gasteiger partial charge is 0.345 e. The van der Waals surface area contributed by atoms with Crippen molar-refractivity contribution in [1.29, 1.82) is 0 Å². The third-order valence-corrected chi connectivity index (χ3v) is 5.13. The fraction of sp³-hybridized carbons (Fsp3) is 0.250. The van der Waals surface area contributed by atoms with E-state index < -0.39 is 32.0 Å². The van der Waals surface area contributed by atoms with E-state index in [9.17, 15) is 18.0 Å². The largest absolute Gasteiger partial charge is 0.443 e. The van der Waals surface area contributed by atoms with Gasteiger partial charge in [-0.15, -0.1) is 0 Å². The summed E-state index contributed by atoms with van der Waals surface area (Å²) >= 11 is 0. The quantitative estimate of drug-likeness (QED) is 0.731. The number of carbonyl (C=O) groups is 2. The standard InChI is InChI=1S/C16H20N6O4S/c1-10-9-11(2)20-16(19-10)22(15(17)24,27(18,25)26)13-8-6-5-7-12(13)14(23)21(3)4/h5-9H,1-4H3,(H3-,17,18,24,25,26)/p+1. The molecule has 0 fully saturated rings. The summed E-state index contributed by atoms with van der Waals surface area (Å²) in [6, 6.07) is 5.89. The van der Waals surface area contributed by atoms with E-state index in [1.54, 1.807) is 19.9 Å². The highest BCUT2D eigenvalue weighted by Gasteiger charge is 2.56. The fourth-order valence-electron chi connectivity index (χ4n) is 2.72. The van der Waals surface area contributed by atoms with E-state index in [4.69, 9.17) is 10.9 Å². The normalized spacial score (nSPS) is 13.7. The van der Waals surface area contributed by atoms with Crippen LogP contribution in [0.1, 0.15) is 21.7 Å². The lowest BCUT2D eigenvalue weighted by molar-refractivity contribution is 0.0827. The van der Waals surface area contributed by atoms with Crippen LogP contribution < -0.4 is 14.8 Å². The Morgan fingerprint density at radius 1 is 1.07 bits per heavy atom. The molecule has 10 nitrogen and oxygen atoms in total. The van der Waals surface area contributed by atoms with Crippen molar-refractivity contribution in [1.82, 2.24) is 18.8 Å². The van der Waals surface area contributed by atoms with Crippen molar-refractivity contribution in [2.24, 2.45) is 10.9 Å². The van der Waals surface area contributed by atoms with Gasteiger partial charge in [0.15, 0.2) is 5.69 Å². The maximum absolute atomic E-state index is 12.7. The lowest BCUT2D eigenvalue weighted by atomic mass is 10.1. The summed E-state index contributed by atoms with van der Waals surface area (Å²) in [5.41, 5.74) is 6.02. The molecule has 27 heavy (non-hydrogen) atoms. The number of primary amides is 1. The molecule has 0 radical (unpaired) electrons. The van der Waals surface area contributed by atoms with Crippen molar-refractivity contribution >= 4 is 33.8 Å². The molecule has 0 aliphatic rings. The topological polar surface area (TPSA) is 149 Å². The summed E-state index contributed by atoms with van der Waals surface area (Å²) in [5, 5.41) is 5.46. The summed E-state index contributed by atoms with van der Waals surface area (Å²) < 4.78 is 23.7. The molecular formula is C16H21N6O4S+. The van der Waals surface area contributed by atoms with Crippen molar-refractivity contribution in [3.8, 4) is 0 Å². The number of benzene rings is 1. The number of rotatable bonds is 4. The van der Waals surface area contributed by atoms with E-state index in [1.807, 2.05) is 0 Å². The van der Waals surface area contributed by atoms with E-state index in [0.29, 0.717) is 11.4 Å². The monoisotopic (exact) mass is 393 g/mol. The number of quaternary nitrogens is 1. The van der Waals surface area contributed by atoms with Gasteiger partial charge in [-0.3, -0.25) is 4.79 Å². The van der Waals surface area contributed by atoms with E-state index in [2.05, 4.69) is 9.97 Å². The number of aryl methyl sites for hydroxylation is 2. The molecule has 1 unspecified atom stereocenters. The van der Waals surface area contributed by atoms with Gasteiger partial charge in [-0.1, -0.05) is 12.1 Å². The van der Waals surface area contributed by atoms with Crippen LogP contribution in [0.2, 0.25) is 0 Å². The SMILES string of the molecule is Cc1cc(C)nc([N+](C(N)=O)(c2ccccc2C(=O)N(C)C)S(N)(=O)=O)n1. The summed E-state index contributed by atoms with van der Waals surface area (Å²) in [6.45, 7) is 3.21. The van der Waals surface area contributed by atoms with Gasteiger partial charge >= 0.3 is 22.2 Å². The summed E-state index contributed by atoms with van der Waals surface area (Å²) in [4.78, 5) is 34.6. The minimum Gasteiger partial charge on any atom is -0.345 e. The second-order valence-corrected chi connectivity index (χ2v) is 7.71. The molecule has 0 bridgehead atoms. The van der Waals surface area contributed by atoms with Crippen molar-refractivity contribution in [2.75, 3.05) is 14.1 Å². The lowest BCUT2D eigenvalue weighted by Gasteiger charge is -2.29. The van der Waals surface area contributed by atoms with Gasteiger partial charge in [0.1, 0.15) is 5.56 Å². The third-order valence-electron chi connectivity index (χ3n) is 3.82. The molecule has 4 N–H and O–H groups in total. The van der Waals surface area contributed by atoms with E-state index >= 15 is 0 Å². The van der Waals surface area contributed by atoms with Crippen LogP contribution >= 0.6 is 0 Å². The van der Waals surface area contributed by atoms with Crippen LogP contribution in [0.15, 0.2) is 30.3 Å². The Kier molecular flexibility index (Phi) is 5.31. The number of nitrogens with two attached hydrogens (primary N) is 2. The zero-order valence-electron chi connectivity index (χ0n) is 15.4. The molecule has 0 aliphatic carbocycles. The first-order valence-corrected chi connectivity index (χ1v) is 9.29. The van der Waals surface area contributed by atoms with Gasteiger partial charge in [0.05, 0.1) is 0 Å². The highest BCUT2D eigenvalue weighted by atomic mass is 32.2. The summed E-state index contributed by atoms with van der Waals surface area (Å²) in [6.07, 6.45) is 0. The molecule has 144 valence electrons. The Balaban J connectivity index is 3.05. The van der Waals surface area contributed by atoms with Crippen LogP contribution in [0.4, 0.5) is 16.4 Å². The predicted octanol–water partition coefficient (Wildman–Crippen LogP) is 0.716. The molecule has 0 saturated heterocycles. The number of amides is 3. The molecule has 2 aromatic rings. The average Bonchev–Trinajstić information content (AvgIpc) is 2.52. The molecular weight excluding hydrogens is 372 g/mol. The van der Waals surface area contributed by atoms with Gasteiger partial charge in [0, 0.05) is 31.5 Å². The highest BCUT2D eigenvalue weighted by molar-refractivity contribution is 7.89. The predicted molar refractivity (Wildman–Crippen MR) is 100 cm³/mol. The second-order valence-electron chi connectivity index (χ2n) is 6.13. The minimum absolute atomic E-state index is 0.0712. The molecule has 1 heterocycles. The molecule has 11 heteroatoms. The van der Waals surface area contributed by atoms with Crippen LogP contribution in [-0.2, 0) is 10.2 Å². The van der Waals surface area contributed by atoms with Gasteiger partial charge in [-0.25, -0.2) is 4.79 Å². The van der Waals surface area contributed by atoms with Gasteiger partial charge < -0.3 is 10.6 Å². The number of aromatic nitrogens is 2. The number of carbonyl (C=O) groups excluding carboxylic acids is 2. The Bertz CT molecular complexity index is 1000. The minimum atomic E-state index is -4.78. The third kappa shape index (κ3) is 3.39. The average molecular weight is 393 g/mol. The summed E-state index contributed by atoms with van der Waals surface area (Å²) in [7, 11) is -1.80. The molecule has 1 aromatic heterocycles. The van der Waals surface area contributed by atoms with Gasteiger partial charge in [0.2, 0.25) is 0 Å². The number of hydrogen-bond acceptors (Lipinski definition) is 6. The first-order chi connectivity index (χ1) is 12.4. The molecule has 1 aromatic carbocycles. The highest BCUT2D eigenvalue weighted by Crippen LogP contribution is 2.38. The fourth-order valence-corrected chi connectivity index (χ4v) is 3.71. The van der Waals surface area contributed by atoms with Gasteiger partial charge in [-0.2, -0.15) is 23.5 Å². The Labute approximate surface area is 157 Å². The van der Waals surface area contributed by atoms with Crippen molar-refractivity contribution < 1.29 is 18.0 Å². The van der Waals surface area contributed by atoms with E-state index in [0.717, 1.165) is 0 Å². The number of nitrogens with zero attached hydrogens (tertiary/aromatic N) is 4. The molecule has 0 saturated carbocycles. The number of hydrogen-bond donors (Lipinski definition) is 2. The first kappa shape index (κ1) is 20.4. The Morgan fingerprint density at radius 2 is 1.59 bits per heavy atom. The molecule has 0 spiro atoms. The van der Waals surface area contributed by atoms with Gasteiger partial charge in [-0.05, 0) is 29.9 Å². The zero-order chi connectivity index (χ0) is 20.6. The van der Waals surface area contributed by atoms with Crippen LogP contribution in [0, 0.1) is 13.8 Å². The summed E-state index contributed by atoms with van der Waals surface area (Å²) in [5.74, 6) is -0.996. The molecule has 1 atom stereocenters. The molecule has 2 rings (SSSR count). The maximum atomic E-state index is 12.7. The van der Waals surface area contributed by atoms with Crippen LogP contribution in [0.25, 0.3) is 0 Å². The first-order valence-electron chi connectivity index (χ1n) is 7.79. The van der Waals surface area contributed by atoms with Crippen LogP contribution in [0.3, 0.4) is 0 Å². The number of urea groups is 1. The number of para-hydroxylation sites is 1. The zero-order valence-corrected chi connectivity index (χ0v) is 16.2. The van der Waals surface area contributed by atoms with Crippen LogP contribution in [0.5, 0.6) is 0 Å². The van der Waals surface area contributed by atoms with Gasteiger partial charge in [0.25, 0.3) is 5.91 Å². The van der Waals surface area contributed by atoms with E-state index in [-0.39, 0.29) is 11.3 Å². The second kappa shape index (κ2) is 7.02. The lowest BCUT2D eigenvalue weighted by Crippen LogP contribution is -2.61. The molecule has 3 amide bonds. The van der Waals surface area contributed by atoms with Crippen molar-refractivity contribution in [3.05, 3.63) is 47.3 Å². The molecule has 0 aliphatic heterocycles. The van der Waals surface area contributed by atoms with Crippen molar-refractivity contribution in [3.63, 3.8) is 0 Å². The Morgan fingerprint density at radius 3 is 2.04 bits per heavy atom. The van der Waals surface area contributed by atoms with Crippen LogP contribution in [-0.4, -0.2) is 49.3 Å².